The minimum absolute atomic E-state index is 0.0473. The van der Waals surface area contributed by atoms with Gasteiger partial charge in [0.1, 0.15) is 0 Å². The van der Waals surface area contributed by atoms with Gasteiger partial charge in [-0.15, -0.1) is 0 Å². The Kier molecular flexibility index (Phi) is 3.50. The van der Waals surface area contributed by atoms with Crippen molar-refractivity contribution in [3.8, 4) is 0 Å². The van der Waals surface area contributed by atoms with Crippen LogP contribution in [0.15, 0.2) is 0 Å². The van der Waals surface area contributed by atoms with E-state index >= 15 is 0 Å². The van der Waals surface area contributed by atoms with Gasteiger partial charge in [0.2, 0.25) is 5.91 Å². The van der Waals surface area contributed by atoms with Gasteiger partial charge < -0.3 is 10.6 Å². The number of carbonyl (C=O) groups excluding carboxylic acids is 1. The Morgan fingerprint density at radius 3 is 2.19 bits per heavy atom. The molecule has 0 radical (unpaired) electrons. The molecule has 1 aliphatic heterocycles. The van der Waals surface area contributed by atoms with E-state index in [-0.39, 0.29) is 17.9 Å². The summed E-state index contributed by atoms with van der Waals surface area (Å²) in [5.41, 5.74) is 5.77. The molecular weight excluding hydrogens is 202 g/mol. The largest absolute Gasteiger partial charge is 0.340 e. The number of nitrogens with two attached hydrogens (primary N) is 1. The number of hydrogen-bond donors (Lipinski definition) is 1. The minimum atomic E-state index is -0.0486. The summed E-state index contributed by atoms with van der Waals surface area (Å²) in [4.78, 5) is 16.6. The van der Waals surface area contributed by atoms with Gasteiger partial charge in [-0.05, 0) is 19.8 Å². The highest BCUT2D eigenvalue weighted by Crippen LogP contribution is 2.27. The lowest BCUT2D eigenvalue weighted by atomic mass is 10.0. The van der Waals surface area contributed by atoms with Crippen molar-refractivity contribution in [2.75, 3.05) is 26.2 Å². The zero-order valence-corrected chi connectivity index (χ0v) is 10.4. The quantitative estimate of drug-likeness (QED) is 0.750. The summed E-state index contributed by atoms with van der Waals surface area (Å²) in [5.74, 6) is 0.179. The number of carbonyl (C=O) groups is 1. The van der Waals surface area contributed by atoms with Gasteiger partial charge in [-0.2, -0.15) is 0 Å². The molecule has 4 heteroatoms. The zero-order valence-electron chi connectivity index (χ0n) is 10.4. The molecule has 92 valence electrons. The lowest BCUT2D eigenvalue weighted by Crippen LogP contribution is -2.52. The molecule has 0 aromatic rings. The molecule has 1 amide bonds. The first-order valence-corrected chi connectivity index (χ1v) is 6.38. The normalized spacial score (nSPS) is 26.6. The van der Waals surface area contributed by atoms with E-state index in [1.165, 1.54) is 12.8 Å². The smallest absolute Gasteiger partial charge is 0.227 e. The first-order chi connectivity index (χ1) is 7.59. The highest BCUT2D eigenvalue weighted by Gasteiger charge is 2.33. The van der Waals surface area contributed by atoms with Crippen molar-refractivity contribution in [1.29, 1.82) is 0 Å². The SMILES string of the molecule is CC(N)C(C)C(=O)N1CCN(C2CC2)CC1. The third kappa shape index (κ3) is 2.55. The summed E-state index contributed by atoms with van der Waals surface area (Å²) in [6, 6.07) is 0.775. The summed E-state index contributed by atoms with van der Waals surface area (Å²) < 4.78 is 0. The van der Waals surface area contributed by atoms with E-state index in [1.54, 1.807) is 0 Å². The summed E-state index contributed by atoms with van der Waals surface area (Å²) >= 11 is 0. The van der Waals surface area contributed by atoms with E-state index in [1.807, 2.05) is 18.7 Å². The van der Waals surface area contributed by atoms with Gasteiger partial charge in [0.05, 0.1) is 5.92 Å². The van der Waals surface area contributed by atoms with Crippen molar-refractivity contribution < 1.29 is 4.79 Å². The van der Waals surface area contributed by atoms with Crippen LogP contribution < -0.4 is 5.73 Å². The molecule has 1 aliphatic carbocycles. The van der Waals surface area contributed by atoms with Gasteiger partial charge in [-0.25, -0.2) is 0 Å². The number of hydrogen-bond acceptors (Lipinski definition) is 3. The number of rotatable bonds is 3. The molecule has 2 N–H and O–H groups in total. The Hall–Kier alpha value is -0.610. The molecular formula is C12H23N3O. The van der Waals surface area contributed by atoms with Crippen molar-refractivity contribution in [2.24, 2.45) is 11.7 Å². The number of amides is 1. The Morgan fingerprint density at radius 1 is 1.19 bits per heavy atom. The molecule has 1 saturated carbocycles. The second-order valence-corrected chi connectivity index (χ2v) is 5.24. The van der Waals surface area contributed by atoms with E-state index in [9.17, 15) is 4.79 Å². The lowest BCUT2D eigenvalue weighted by Gasteiger charge is -2.36. The average Bonchev–Trinajstić information content (AvgIpc) is 3.11. The summed E-state index contributed by atoms with van der Waals surface area (Å²) in [6.07, 6.45) is 2.70. The topological polar surface area (TPSA) is 49.6 Å². The van der Waals surface area contributed by atoms with Crippen LogP contribution in [0.1, 0.15) is 26.7 Å². The third-order valence-electron chi connectivity index (χ3n) is 3.87. The maximum absolute atomic E-state index is 12.1. The molecule has 2 rings (SSSR count). The van der Waals surface area contributed by atoms with Gasteiger partial charge in [0.25, 0.3) is 0 Å². The van der Waals surface area contributed by atoms with Gasteiger partial charge in [0.15, 0.2) is 0 Å². The van der Waals surface area contributed by atoms with Gasteiger partial charge in [0, 0.05) is 38.3 Å². The highest BCUT2D eigenvalue weighted by molar-refractivity contribution is 5.79. The molecule has 0 bridgehead atoms. The number of nitrogens with zero attached hydrogens (tertiary/aromatic N) is 2. The highest BCUT2D eigenvalue weighted by atomic mass is 16.2. The second-order valence-electron chi connectivity index (χ2n) is 5.24. The first kappa shape index (κ1) is 11.9. The van der Waals surface area contributed by atoms with E-state index in [0.29, 0.717) is 0 Å². The molecule has 2 aliphatic rings. The maximum atomic E-state index is 12.1. The predicted octanol–water partition coefficient (Wildman–Crippen LogP) is 0.276. The maximum Gasteiger partial charge on any atom is 0.227 e. The van der Waals surface area contributed by atoms with Crippen molar-refractivity contribution in [3.63, 3.8) is 0 Å². The van der Waals surface area contributed by atoms with E-state index in [0.717, 1.165) is 32.2 Å². The van der Waals surface area contributed by atoms with Gasteiger partial charge >= 0.3 is 0 Å². The van der Waals surface area contributed by atoms with Crippen molar-refractivity contribution in [1.82, 2.24) is 9.80 Å². The summed E-state index contributed by atoms with van der Waals surface area (Å²) in [5, 5.41) is 0. The van der Waals surface area contributed by atoms with Crippen LogP contribution in [0.4, 0.5) is 0 Å². The fraction of sp³-hybridized carbons (Fsp3) is 0.917. The molecule has 2 atom stereocenters. The molecule has 16 heavy (non-hydrogen) atoms. The lowest BCUT2D eigenvalue weighted by molar-refractivity contribution is -0.137. The van der Waals surface area contributed by atoms with Crippen LogP contribution in [-0.2, 0) is 4.79 Å². The average molecular weight is 225 g/mol. The van der Waals surface area contributed by atoms with E-state index < -0.39 is 0 Å². The monoisotopic (exact) mass is 225 g/mol. The molecule has 0 aromatic heterocycles. The van der Waals surface area contributed by atoms with Crippen molar-refractivity contribution in [2.45, 2.75) is 38.8 Å². The minimum Gasteiger partial charge on any atom is -0.340 e. The van der Waals surface area contributed by atoms with Gasteiger partial charge in [-0.1, -0.05) is 6.92 Å². The Labute approximate surface area is 97.8 Å². The molecule has 1 saturated heterocycles. The zero-order chi connectivity index (χ0) is 11.7. The van der Waals surface area contributed by atoms with Gasteiger partial charge in [-0.3, -0.25) is 9.69 Å². The Morgan fingerprint density at radius 2 is 1.75 bits per heavy atom. The van der Waals surface area contributed by atoms with Crippen LogP contribution in [0.2, 0.25) is 0 Å². The van der Waals surface area contributed by atoms with Crippen LogP contribution in [0, 0.1) is 5.92 Å². The van der Waals surface area contributed by atoms with Crippen LogP contribution in [0.25, 0.3) is 0 Å². The second kappa shape index (κ2) is 4.72. The molecule has 2 fully saturated rings. The summed E-state index contributed by atoms with van der Waals surface area (Å²) in [6.45, 7) is 7.69. The first-order valence-electron chi connectivity index (χ1n) is 6.38. The fourth-order valence-corrected chi connectivity index (χ4v) is 2.26. The van der Waals surface area contributed by atoms with Crippen LogP contribution in [-0.4, -0.2) is 54.0 Å². The predicted molar refractivity (Wildman–Crippen MR) is 64.0 cm³/mol. The van der Waals surface area contributed by atoms with E-state index in [2.05, 4.69) is 4.90 Å². The van der Waals surface area contributed by atoms with Crippen LogP contribution >= 0.6 is 0 Å². The van der Waals surface area contributed by atoms with E-state index in [4.69, 9.17) is 5.73 Å². The Balaban J connectivity index is 1.81. The third-order valence-corrected chi connectivity index (χ3v) is 3.87. The number of piperazine rings is 1. The summed E-state index contributed by atoms with van der Waals surface area (Å²) in [7, 11) is 0. The standard InChI is InChI=1S/C12H23N3O/c1-9(10(2)13)12(16)15-7-5-14(6-8-15)11-3-4-11/h9-11H,3-8,13H2,1-2H3. The molecule has 1 heterocycles. The molecule has 2 unspecified atom stereocenters. The molecule has 0 spiro atoms. The van der Waals surface area contributed by atoms with Crippen LogP contribution in [0.3, 0.4) is 0 Å². The fourth-order valence-electron chi connectivity index (χ4n) is 2.26. The Bertz CT molecular complexity index is 255. The molecule has 0 aromatic carbocycles. The molecule has 4 nitrogen and oxygen atoms in total. The van der Waals surface area contributed by atoms with Crippen molar-refractivity contribution in [3.05, 3.63) is 0 Å². The van der Waals surface area contributed by atoms with Crippen molar-refractivity contribution >= 4 is 5.91 Å². The van der Waals surface area contributed by atoms with Crippen LogP contribution in [0.5, 0.6) is 0 Å².